The van der Waals surface area contributed by atoms with Gasteiger partial charge in [-0.15, -0.1) is 0 Å². The minimum atomic E-state index is 0.0813. The normalized spacial score (nSPS) is 11.7. The van der Waals surface area contributed by atoms with E-state index in [1.807, 2.05) is 48.8 Å². The van der Waals surface area contributed by atoms with E-state index < -0.39 is 0 Å². The first-order chi connectivity index (χ1) is 11.2. The van der Waals surface area contributed by atoms with Crippen molar-refractivity contribution in [2.24, 2.45) is 4.99 Å². The molecule has 0 radical (unpaired) electrons. The van der Waals surface area contributed by atoms with E-state index in [1.54, 1.807) is 6.20 Å². The van der Waals surface area contributed by atoms with Crippen LogP contribution in [0.15, 0.2) is 52.4 Å². The number of aryl methyl sites for hydroxylation is 1. The van der Waals surface area contributed by atoms with Crippen molar-refractivity contribution in [3.05, 3.63) is 64.1 Å². The van der Waals surface area contributed by atoms with E-state index in [1.165, 1.54) is 0 Å². The van der Waals surface area contributed by atoms with Crippen LogP contribution < -0.4 is 10.9 Å². The SMILES string of the molecule is C=N/C=C\C=C\c1ccc2cc(CNCC)c(=O)n(CC)c2c1. The minimum Gasteiger partial charge on any atom is -0.313 e. The average molecular weight is 309 g/mol. The molecular formula is C19H23N3O. The Kier molecular flexibility index (Phi) is 6.06. The lowest BCUT2D eigenvalue weighted by molar-refractivity contribution is 0.693. The molecule has 0 saturated carbocycles. The summed E-state index contributed by atoms with van der Waals surface area (Å²) in [5, 5.41) is 4.31. The molecule has 23 heavy (non-hydrogen) atoms. The Morgan fingerprint density at radius 1 is 1.26 bits per heavy atom. The Morgan fingerprint density at radius 2 is 2.09 bits per heavy atom. The van der Waals surface area contributed by atoms with Crippen molar-refractivity contribution >= 4 is 23.7 Å². The molecule has 0 aliphatic carbocycles. The zero-order valence-corrected chi connectivity index (χ0v) is 13.7. The van der Waals surface area contributed by atoms with Crippen LogP contribution in [0.4, 0.5) is 0 Å². The molecule has 0 atom stereocenters. The number of rotatable bonds is 7. The third kappa shape index (κ3) is 4.05. The molecule has 120 valence electrons. The molecule has 0 fully saturated rings. The molecule has 0 spiro atoms. The van der Waals surface area contributed by atoms with E-state index >= 15 is 0 Å². The van der Waals surface area contributed by atoms with Crippen LogP contribution in [0.2, 0.25) is 0 Å². The van der Waals surface area contributed by atoms with E-state index in [2.05, 4.69) is 29.2 Å². The molecule has 0 bridgehead atoms. The summed E-state index contributed by atoms with van der Waals surface area (Å²) in [6.45, 7) is 9.54. The number of nitrogens with one attached hydrogen (secondary N) is 1. The molecule has 0 saturated heterocycles. The number of benzene rings is 1. The zero-order chi connectivity index (χ0) is 16.7. The number of allylic oxidation sites excluding steroid dienone is 2. The van der Waals surface area contributed by atoms with Gasteiger partial charge in [-0.1, -0.05) is 31.2 Å². The van der Waals surface area contributed by atoms with Crippen molar-refractivity contribution in [1.29, 1.82) is 0 Å². The van der Waals surface area contributed by atoms with E-state index in [4.69, 9.17) is 0 Å². The number of aromatic nitrogens is 1. The Labute approximate surface area is 136 Å². The second kappa shape index (κ2) is 8.25. The summed E-state index contributed by atoms with van der Waals surface area (Å²) in [7, 11) is 0. The Hall–Kier alpha value is -2.46. The summed E-state index contributed by atoms with van der Waals surface area (Å²) in [4.78, 5) is 16.3. The lowest BCUT2D eigenvalue weighted by Crippen LogP contribution is -2.27. The third-order valence-electron chi connectivity index (χ3n) is 3.67. The van der Waals surface area contributed by atoms with Gasteiger partial charge in [0, 0.05) is 24.9 Å². The highest BCUT2D eigenvalue weighted by molar-refractivity contribution is 5.82. The van der Waals surface area contributed by atoms with Crippen LogP contribution in [-0.2, 0) is 13.1 Å². The molecule has 0 aliphatic rings. The van der Waals surface area contributed by atoms with E-state index in [9.17, 15) is 4.79 Å². The molecule has 1 N–H and O–H groups in total. The van der Waals surface area contributed by atoms with E-state index in [0.717, 1.165) is 28.6 Å². The molecule has 0 amide bonds. The second-order valence-electron chi connectivity index (χ2n) is 5.20. The van der Waals surface area contributed by atoms with Gasteiger partial charge in [0.1, 0.15) is 0 Å². The molecule has 0 aliphatic heterocycles. The van der Waals surface area contributed by atoms with Gasteiger partial charge in [-0.25, -0.2) is 0 Å². The second-order valence-corrected chi connectivity index (χ2v) is 5.20. The predicted molar refractivity (Wildman–Crippen MR) is 99.0 cm³/mol. The van der Waals surface area contributed by atoms with Gasteiger partial charge in [0.2, 0.25) is 0 Å². The van der Waals surface area contributed by atoms with Crippen molar-refractivity contribution in [3.63, 3.8) is 0 Å². The third-order valence-corrected chi connectivity index (χ3v) is 3.67. The molecule has 4 nitrogen and oxygen atoms in total. The summed E-state index contributed by atoms with van der Waals surface area (Å²) < 4.78 is 1.83. The lowest BCUT2D eigenvalue weighted by atomic mass is 10.1. The van der Waals surface area contributed by atoms with Gasteiger partial charge >= 0.3 is 0 Å². The Morgan fingerprint density at radius 3 is 2.78 bits per heavy atom. The van der Waals surface area contributed by atoms with Gasteiger partial charge in [0.05, 0.1) is 5.52 Å². The molecular weight excluding hydrogens is 286 g/mol. The van der Waals surface area contributed by atoms with Gasteiger partial charge in [-0.05, 0) is 49.3 Å². The van der Waals surface area contributed by atoms with Crippen molar-refractivity contribution in [2.75, 3.05) is 6.54 Å². The fraction of sp³-hybridized carbons (Fsp3) is 0.263. The molecule has 4 heteroatoms. The number of nitrogens with zero attached hydrogens (tertiary/aromatic N) is 2. The Balaban J connectivity index is 2.49. The molecule has 1 aromatic carbocycles. The van der Waals surface area contributed by atoms with E-state index in [-0.39, 0.29) is 5.56 Å². The first-order valence-electron chi connectivity index (χ1n) is 7.87. The van der Waals surface area contributed by atoms with Crippen LogP contribution in [0.25, 0.3) is 17.0 Å². The quantitative estimate of drug-likeness (QED) is 0.630. The topological polar surface area (TPSA) is 46.4 Å². The first-order valence-corrected chi connectivity index (χ1v) is 7.87. The van der Waals surface area contributed by atoms with Crippen LogP contribution in [0.3, 0.4) is 0 Å². The summed E-state index contributed by atoms with van der Waals surface area (Å²) in [6, 6.07) is 8.14. The number of pyridine rings is 1. The maximum atomic E-state index is 12.6. The van der Waals surface area contributed by atoms with Gasteiger partial charge in [-0.3, -0.25) is 9.79 Å². The predicted octanol–water partition coefficient (Wildman–Crippen LogP) is 3.36. The minimum absolute atomic E-state index is 0.0813. The molecule has 1 heterocycles. The van der Waals surface area contributed by atoms with Gasteiger partial charge in [0.25, 0.3) is 5.56 Å². The summed E-state index contributed by atoms with van der Waals surface area (Å²) in [6.07, 6.45) is 7.35. The lowest BCUT2D eigenvalue weighted by Gasteiger charge is -2.12. The summed E-state index contributed by atoms with van der Waals surface area (Å²) in [5.41, 5.74) is 2.90. The van der Waals surface area contributed by atoms with E-state index in [0.29, 0.717) is 13.1 Å². The first kappa shape index (κ1) is 16.9. The highest BCUT2D eigenvalue weighted by Gasteiger charge is 2.08. The van der Waals surface area contributed by atoms with Crippen molar-refractivity contribution in [1.82, 2.24) is 9.88 Å². The van der Waals surface area contributed by atoms with Crippen LogP contribution in [0.1, 0.15) is 25.0 Å². The average Bonchev–Trinajstić information content (AvgIpc) is 2.57. The highest BCUT2D eigenvalue weighted by atomic mass is 16.1. The van der Waals surface area contributed by atoms with Crippen LogP contribution in [-0.4, -0.2) is 17.8 Å². The van der Waals surface area contributed by atoms with Crippen LogP contribution >= 0.6 is 0 Å². The highest BCUT2D eigenvalue weighted by Crippen LogP contribution is 2.17. The fourth-order valence-electron chi connectivity index (χ4n) is 2.53. The van der Waals surface area contributed by atoms with Crippen LogP contribution in [0.5, 0.6) is 0 Å². The molecule has 0 unspecified atom stereocenters. The maximum Gasteiger partial charge on any atom is 0.255 e. The summed E-state index contributed by atoms with van der Waals surface area (Å²) in [5.74, 6) is 0. The standard InChI is InChI=1S/C19H23N3O/c1-4-21-14-17-13-16-10-9-15(8-6-7-11-20-3)12-18(16)22(5-2)19(17)23/h6-13,21H,3-5,14H2,1-2H3/b8-6+,11-7-. The largest absolute Gasteiger partial charge is 0.313 e. The van der Waals surface area contributed by atoms with Gasteiger partial charge in [-0.2, -0.15) is 0 Å². The smallest absolute Gasteiger partial charge is 0.255 e. The Bertz CT molecular complexity index is 800. The molecule has 2 rings (SSSR count). The van der Waals surface area contributed by atoms with Gasteiger partial charge < -0.3 is 9.88 Å². The van der Waals surface area contributed by atoms with Crippen molar-refractivity contribution in [2.45, 2.75) is 26.9 Å². The number of hydrogen-bond donors (Lipinski definition) is 1. The number of fused-ring (bicyclic) bond motifs is 1. The summed E-state index contributed by atoms with van der Waals surface area (Å²) >= 11 is 0. The van der Waals surface area contributed by atoms with Gasteiger partial charge in [0.15, 0.2) is 0 Å². The van der Waals surface area contributed by atoms with Crippen LogP contribution in [0, 0.1) is 0 Å². The van der Waals surface area contributed by atoms with Crippen molar-refractivity contribution < 1.29 is 0 Å². The molecule has 2 aromatic rings. The zero-order valence-electron chi connectivity index (χ0n) is 13.7. The number of aliphatic imine (C=N–C) groups is 1. The maximum absolute atomic E-state index is 12.6. The molecule has 1 aromatic heterocycles. The number of hydrogen-bond acceptors (Lipinski definition) is 3. The van der Waals surface area contributed by atoms with Crippen molar-refractivity contribution in [3.8, 4) is 0 Å². The monoisotopic (exact) mass is 309 g/mol. The fourth-order valence-corrected chi connectivity index (χ4v) is 2.53.